The van der Waals surface area contributed by atoms with Crippen LogP contribution in [0.3, 0.4) is 0 Å². The second-order valence-electron chi connectivity index (χ2n) is 5.50. The minimum Gasteiger partial charge on any atom is -0.467 e. The molecule has 2 fully saturated rings. The van der Waals surface area contributed by atoms with E-state index in [2.05, 4.69) is 29.0 Å². The zero-order valence-corrected chi connectivity index (χ0v) is 11.3. The van der Waals surface area contributed by atoms with Crippen LogP contribution in [0.15, 0.2) is 24.3 Å². The van der Waals surface area contributed by atoms with Crippen molar-refractivity contribution in [2.24, 2.45) is 0 Å². The first-order valence-corrected chi connectivity index (χ1v) is 7.13. The third kappa shape index (κ3) is 2.66. The summed E-state index contributed by atoms with van der Waals surface area (Å²) in [5, 5.41) is 0. The molecular weight excluding hydrogens is 240 g/mol. The third-order valence-electron chi connectivity index (χ3n) is 4.27. The van der Waals surface area contributed by atoms with Gasteiger partial charge in [-0.15, -0.1) is 0 Å². The molecule has 19 heavy (non-hydrogen) atoms. The average molecular weight is 260 g/mol. The Morgan fingerprint density at radius 1 is 1.11 bits per heavy atom. The zero-order valence-electron chi connectivity index (χ0n) is 11.3. The Balaban J connectivity index is 1.65. The van der Waals surface area contributed by atoms with Crippen molar-refractivity contribution in [2.75, 3.05) is 7.11 Å². The Kier molecular flexibility index (Phi) is 3.56. The summed E-state index contributed by atoms with van der Waals surface area (Å²) in [7, 11) is 1.40. The number of epoxide rings is 1. The van der Waals surface area contributed by atoms with E-state index >= 15 is 0 Å². The van der Waals surface area contributed by atoms with Crippen molar-refractivity contribution in [3.8, 4) is 0 Å². The number of esters is 1. The highest BCUT2D eigenvalue weighted by Gasteiger charge is 2.47. The number of carbonyl (C=O) groups is 1. The first kappa shape index (κ1) is 12.7. The van der Waals surface area contributed by atoms with Gasteiger partial charge in [0.1, 0.15) is 6.10 Å². The lowest BCUT2D eigenvalue weighted by molar-refractivity contribution is -0.142. The van der Waals surface area contributed by atoms with Gasteiger partial charge in [0.15, 0.2) is 6.10 Å². The molecule has 1 saturated carbocycles. The fraction of sp³-hybridized carbons (Fsp3) is 0.562. The number of carbonyl (C=O) groups excluding carboxylic acids is 1. The van der Waals surface area contributed by atoms with Gasteiger partial charge in [-0.25, -0.2) is 4.79 Å². The second kappa shape index (κ2) is 5.33. The summed E-state index contributed by atoms with van der Waals surface area (Å²) >= 11 is 0. The third-order valence-corrected chi connectivity index (χ3v) is 4.27. The Morgan fingerprint density at radius 3 is 2.37 bits per heavy atom. The first-order chi connectivity index (χ1) is 9.29. The van der Waals surface area contributed by atoms with E-state index in [1.54, 1.807) is 0 Å². The summed E-state index contributed by atoms with van der Waals surface area (Å²) in [6.07, 6.45) is 6.20. The lowest BCUT2D eigenvalue weighted by Crippen LogP contribution is -2.09. The van der Waals surface area contributed by atoms with Gasteiger partial charge in [-0.05, 0) is 29.9 Å². The number of ether oxygens (including phenoxy) is 2. The van der Waals surface area contributed by atoms with Crippen molar-refractivity contribution in [2.45, 2.75) is 50.2 Å². The van der Waals surface area contributed by atoms with Gasteiger partial charge in [0.05, 0.1) is 7.11 Å². The maximum Gasteiger partial charge on any atom is 0.338 e. The van der Waals surface area contributed by atoms with Crippen molar-refractivity contribution < 1.29 is 14.3 Å². The highest BCUT2D eigenvalue weighted by molar-refractivity contribution is 5.78. The van der Waals surface area contributed by atoms with Gasteiger partial charge in [-0.1, -0.05) is 43.5 Å². The summed E-state index contributed by atoms with van der Waals surface area (Å²) in [5.74, 6) is 0.445. The Hall–Kier alpha value is -1.35. The van der Waals surface area contributed by atoms with Gasteiger partial charge >= 0.3 is 5.97 Å². The molecule has 1 aliphatic carbocycles. The monoisotopic (exact) mass is 260 g/mol. The highest BCUT2D eigenvalue weighted by atomic mass is 16.6. The standard InChI is InChI=1S/C16H20O3/c1-18-16(17)15-14(19-15)13-9-7-12(8-10-13)11-5-3-2-4-6-11/h7-11,14-15H,2-6H2,1H3. The van der Waals surface area contributed by atoms with Crippen LogP contribution in [0.5, 0.6) is 0 Å². The van der Waals surface area contributed by atoms with Crippen LogP contribution in [-0.4, -0.2) is 19.2 Å². The number of rotatable bonds is 3. The molecule has 1 heterocycles. The maximum absolute atomic E-state index is 11.3. The van der Waals surface area contributed by atoms with Crippen molar-refractivity contribution in [1.29, 1.82) is 0 Å². The van der Waals surface area contributed by atoms with Gasteiger partial charge in [0.2, 0.25) is 0 Å². The van der Waals surface area contributed by atoms with Crippen molar-refractivity contribution in [1.82, 2.24) is 0 Å². The Labute approximate surface area is 113 Å². The van der Waals surface area contributed by atoms with Crippen molar-refractivity contribution >= 4 is 5.97 Å². The topological polar surface area (TPSA) is 38.8 Å². The number of methoxy groups -OCH3 is 1. The van der Waals surface area contributed by atoms with E-state index in [1.807, 2.05) is 0 Å². The van der Waals surface area contributed by atoms with Gasteiger partial charge in [-0.2, -0.15) is 0 Å². The lowest BCUT2D eigenvalue weighted by atomic mass is 9.84. The van der Waals surface area contributed by atoms with E-state index < -0.39 is 6.10 Å². The molecule has 0 bridgehead atoms. The smallest absolute Gasteiger partial charge is 0.338 e. The molecule has 0 N–H and O–H groups in total. The molecule has 1 aliphatic heterocycles. The van der Waals surface area contributed by atoms with Crippen LogP contribution < -0.4 is 0 Å². The van der Waals surface area contributed by atoms with E-state index in [1.165, 1.54) is 44.8 Å². The molecular formula is C16H20O3. The van der Waals surface area contributed by atoms with E-state index in [-0.39, 0.29) is 12.1 Å². The molecule has 0 radical (unpaired) electrons. The van der Waals surface area contributed by atoms with E-state index in [4.69, 9.17) is 4.74 Å². The van der Waals surface area contributed by atoms with Crippen LogP contribution >= 0.6 is 0 Å². The van der Waals surface area contributed by atoms with Crippen LogP contribution in [0, 0.1) is 0 Å². The quantitative estimate of drug-likeness (QED) is 0.618. The summed E-state index contributed by atoms with van der Waals surface area (Å²) in [6, 6.07) is 8.58. The fourth-order valence-electron chi connectivity index (χ4n) is 3.06. The molecule has 102 valence electrons. The fourth-order valence-corrected chi connectivity index (χ4v) is 3.06. The van der Waals surface area contributed by atoms with Crippen LogP contribution in [0.4, 0.5) is 0 Å². The van der Waals surface area contributed by atoms with E-state index in [0.717, 1.165) is 11.5 Å². The predicted molar refractivity (Wildman–Crippen MR) is 71.9 cm³/mol. The van der Waals surface area contributed by atoms with Crippen molar-refractivity contribution in [3.05, 3.63) is 35.4 Å². The lowest BCUT2D eigenvalue weighted by Gasteiger charge is -2.22. The molecule has 1 aromatic rings. The van der Waals surface area contributed by atoms with Crippen LogP contribution in [0.2, 0.25) is 0 Å². The number of hydrogen-bond acceptors (Lipinski definition) is 3. The summed E-state index contributed by atoms with van der Waals surface area (Å²) < 4.78 is 10.0. The van der Waals surface area contributed by atoms with E-state index in [0.29, 0.717) is 0 Å². The molecule has 1 saturated heterocycles. The van der Waals surface area contributed by atoms with Gasteiger partial charge in [0, 0.05) is 0 Å². The minimum atomic E-state index is -0.398. The van der Waals surface area contributed by atoms with Crippen LogP contribution in [-0.2, 0) is 14.3 Å². The Morgan fingerprint density at radius 2 is 1.74 bits per heavy atom. The summed E-state index contributed by atoms with van der Waals surface area (Å²) in [6.45, 7) is 0. The molecule has 3 heteroatoms. The molecule has 0 spiro atoms. The second-order valence-corrected chi connectivity index (χ2v) is 5.50. The molecule has 3 rings (SSSR count). The average Bonchev–Trinajstić information content (AvgIpc) is 3.28. The maximum atomic E-state index is 11.3. The summed E-state index contributed by atoms with van der Waals surface area (Å²) in [5.41, 5.74) is 2.51. The number of benzene rings is 1. The molecule has 2 atom stereocenters. The van der Waals surface area contributed by atoms with Crippen molar-refractivity contribution in [3.63, 3.8) is 0 Å². The predicted octanol–water partition coefficient (Wildman–Crippen LogP) is 3.35. The van der Waals surface area contributed by atoms with Crippen LogP contribution in [0.1, 0.15) is 55.3 Å². The zero-order chi connectivity index (χ0) is 13.2. The SMILES string of the molecule is COC(=O)C1OC1c1ccc(C2CCCCC2)cc1. The molecule has 3 nitrogen and oxygen atoms in total. The Bertz CT molecular complexity index is 446. The van der Waals surface area contributed by atoms with Crippen LogP contribution in [0.25, 0.3) is 0 Å². The molecule has 0 amide bonds. The number of hydrogen-bond donors (Lipinski definition) is 0. The molecule has 2 unspecified atom stereocenters. The largest absolute Gasteiger partial charge is 0.467 e. The normalized spacial score (nSPS) is 27.0. The van der Waals surface area contributed by atoms with Gasteiger partial charge in [-0.3, -0.25) is 0 Å². The molecule has 2 aliphatic rings. The summed E-state index contributed by atoms with van der Waals surface area (Å²) in [4.78, 5) is 11.3. The van der Waals surface area contributed by atoms with Gasteiger partial charge < -0.3 is 9.47 Å². The minimum absolute atomic E-state index is 0.104. The van der Waals surface area contributed by atoms with Gasteiger partial charge in [0.25, 0.3) is 0 Å². The molecule has 1 aromatic carbocycles. The van der Waals surface area contributed by atoms with E-state index in [9.17, 15) is 4.79 Å². The highest BCUT2D eigenvalue weighted by Crippen LogP contribution is 2.40. The molecule has 0 aromatic heterocycles. The first-order valence-electron chi connectivity index (χ1n) is 7.13.